The Labute approximate surface area is 103 Å². The van der Waals surface area contributed by atoms with E-state index in [-0.39, 0.29) is 6.04 Å². The summed E-state index contributed by atoms with van der Waals surface area (Å²) in [6.45, 7) is 1.90. The van der Waals surface area contributed by atoms with Crippen LogP contribution < -0.4 is 16.8 Å². The highest BCUT2D eigenvalue weighted by molar-refractivity contribution is 7.84. The van der Waals surface area contributed by atoms with E-state index in [1.807, 2.05) is 6.92 Å². The van der Waals surface area contributed by atoms with Crippen LogP contribution in [0.4, 0.5) is 11.4 Å². The zero-order valence-corrected chi connectivity index (χ0v) is 10.7. The maximum absolute atomic E-state index is 11.1. The number of para-hydroxylation sites is 1. The molecule has 5 N–H and O–H groups in total. The lowest BCUT2D eigenvalue weighted by Gasteiger charge is -2.16. The first-order valence-corrected chi connectivity index (χ1v) is 6.89. The third-order valence-corrected chi connectivity index (χ3v) is 3.23. The SMILES string of the molecule is CC(CS(C)=O)Nc1cccc(C(N)=O)c1N. The van der Waals surface area contributed by atoms with Crippen molar-refractivity contribution >= 4 is 28.1 Å². The van der Waals surface area contributed by atoms with Crippen LogP contribution in [0.2, 0.25) is 0 Å². The molecule has 5 nitrogen and oxygen atoms in total. The van der Waals surface area contributed by atoms with Gasteiger partial charge in [-0.3, -0.25) is 9.00 Å². The van der Waals surface area contributed by atoms with Crippen LogP contribution in [0.3, 0.4) is 0 Å². The summed E-state index contributed by atoms with van der Waals surface area (Å²) in [5, 5.41) is 3.11. The molecule has 0 aliphatic heterocycles. The zero-order chi connectivity index (χ0) is 13.0. The summed E-state index contributed by atoms with van der Waals surface area (Å²) in [6.07, 6.45) is 1.64. The van der Waals surface area contributed by atoms with E-state index >= 15 is 0 Å². The van der Waals surface area contributed by atoms with Gasteiger partial charge in [0.2, 0.25) is 0 Å². The Bertz CT molecular complexity index is 448. The van der Waals surface area contributed by atoms with Crippen molar-refractivity contribution in [2.75, 3.05) is 23.1 Å². The van der Waals surface area contributed by atoms with Gasteiger partial charge < -0.3 is 16.8 Å². The first-order chi connectivity index (χ1) is 7.91. The highest BCUT2D eigenvalue weighted by Crippen LogP contribution is 2.23. The third-order valence-electron chi connectivity index (χ3n) is 2.26. The van der Waals surface area contributed by atoms with Crippen molar-refractivity contribution in [1.82, 2.24) is 0 Å². The molecule has 2 unspecified atom stereocenters. The van der Waals surface area contributed by atoms with E-state index in [9.17, 15) is 9.00 Å². The summed E-state index contributed by atoms with van der Waals surface area (Å²) in [7, 11) is -0.885. The molecule has 0 aliphatic carbocycles. The lowest BCUT2D eigenvalue weighted by Crippen LogP contribution is -2.23. The number of anilines is 2. The third kappa shape index (κ3) is 3.74. The molecule has 1 aromatic carbocycles. The lowest BCUT2D eigenvalue weighted by molar-refractivity contribution is 0.100. The maximum Gasteiger partial charge on any atom is 0.250 e. The van der Waals surface area contributed by atoms with Gasteiger partial charge in [0.05, 0.1) is 16.9 Å². The summed E-state index contributed by atoms with van der Waals surface area (Å²) >= 11 is 0. The van der Waals surface area contributed by atoms with Gasteiger partial charge >= 0.3 is 0 Å². The first kappa shape index (κ1) is 13.5. The number of rotatable bonds is 5. The van der Waals surface area contributed by atoms with Gasteiger partial charge in [-0.25, -0.2) is 0 Å². The van der Waals surface area contributed by atoms with Gasteiger partial charge in [-0.05, 0) is 19.1 Å². The minimum Gasteiger partial charge on any atom is -0.396 e. The van der Waals surface area contributed by atoms with Crippen molar-refractivity contribution in [2.24, 2.45) is 5.73 Å². The average molecular weight is 255 g/mol. The van der Waals surface area contributed by atoms with Crippen molar-refractivity contribution in [3.63, 3.8) is 0 Å². The van der Waals surface area contributed by atoms with E-state index in [0.29, 0.717) is 22.7 Å². The number of amides is 1. The highest BCUT2D eigenvalue weighted by Gasteiger charge is 2.11. The van der Waals surface area contributed by atoms with Gasteiger partial charge in [0.25, 0.3) is 5.91 Å². The minimum atomic E-state index is -0.885. The predicted octanol–water partition coefficient (Wildman–Crippen LogP) is 0.547. The van der Waals surface area contributed by atoms with Crippen molar-refractivity contribution in [3.05, 3.63) is 23.8 Å². The summed E-state index contributed by atoms with van der Waals surface area (Å²) in [4.78, 5) is 11.1. The molecule has 0 saturated heterocycles. The molecule has 1 rings (SSSR count). The van der Waals surface area contributed by atoms with E-state index in [0.717, 1.165) is 0 Å². The Kier molecular flexibility index (Phi) is 4.51. The van der Waals surface area contributed by atoms with Crippen molar-refractivity contribution in [2.45, 2.75) is 13.0 Å². The van der Waals surface area contributed by atoms with Crippen LogP contribution >= 0.6 is 0 Å². The van der Waals surface area contributed by atoms with Crippen molar-refractivity contribution < 1.29 is 9.00 Å². The van der Waals surface area contributed by atoms with Crippen molar-refractivity contribution in [1.29, 1.82) is 0 Å². The average Bonchev–Trinajstić information content (AvgIpc) is 2.19. The Hall–Kier alpha value is -1.56. The topological polar surface area (TPSA) is 98.2 Å². The molecule has 2 atom stereocenters. The first-order valence-electron chi connectivity index (χ1n) is 5.16. The fraction of sp³-hybridized carbons (Fsp3) is 0.364. The molecule has 94 valence electrons. The molecule has 1 amide bonds. The van der Waals surface area contributed by atoms with Gasteiger partial charge in [-0.1, -0.05) is 6.07 Å². The van der Waals surface area contributed by atoms with Crippen LogP contribution in [0.1, 0.15) is 17.3 Å². The van der Waals surface area contributed by atoms with Gasteiger partial charge in [-0.2, -0.15) is 0 Å². The van der Waals surface area contributed by atoms with E-state index in [1.165, 1.54) is 0 Å². The minimum absolute atomic E-state index is 0.00580. The van der Waals surface area contributed by atoms with E-state index in [4.69, 9.17) is 11.5 Å². The highest BCUT2D eigenvalue weighted by atomic mass is 32.2. The Morgan fingerprint density at radius 1 is 1.53 bits per heavy atom. The smallest absolute Gasteiger partial charge is 0.250 e. The summed E-state index contributed by atoms with van der Waals surface area (Å²) < 4.78 is 11.1. The van der Waals surface area contributed by atoms with Crippen LogP contribution in [0.25, 0.3) is 0 Å². The van der Waals surface area contributed by atoms with Gasteiger partial charge in [0.15, 0.2) is 0 Å². The monoisotopic (exact) mass is 255 g/mol. The van der Waals surface area contributed by atoms with E-state index < -0.39 is 16.7 Å². The summed E-state index contributed by atoms with van der Waals surface area (Å²) in [5.74, 6) is -0.0434. The number of nitrogen functional groups attached to an aromatic ring is 1. The number of carbonyl (C=O) groups is 1. The molecule has 0 aromatic heterocycles. The summed E-state index contributed by atoms with van der Waals surface area (Å²) in [6, 6.07) is 5.04. The molecular weight excluding hydrogens is 238 g/mol. The molecule has 0 aliphatic rings. The molecule has 6 heteroatoms. The molecule has 0 fully saturated rings. The Balaban J connectivity index is 2.88. The second kappa shape index (κ2) is 5.67. The number of primary amides is 1. The van der Waals surface area contributed by atoms with Gasteiger partial charge in [-0.15, -0.1) is 0 Å². The number of hydrogen-bond acceptors (Lipinski definition) is 4. The second-order valence-corrected chi connectivity index (χ2v) is 5.40. The zero-order valence-electron chi connectivity index (χ0n) is 9.90. The number of benzene rings is 1. The maximum atomic E-state index is 11.1. The molecule has 0 saturated carbocycles. The number of nitrogens with two attached hydrogens (primary N) is 2. The predicted molar refractivity (Wildman–Crippen MR) is 71.4 cm³/mol. The largest absolute Gasteiger partial charge is 0.396 e. The fourth-order valence-corrected chi connectivity index (χ4v) is 2.35. The fourth-order valence-electron chi connectivity index (χ4n) is 1.57. The lowest BCUT2D eigenvalue weighted by atomic mass is 10.1. The Morgan fingerprint density at radius 2 is 2.18 bits per heavy atom. The normalized spacial score (nSPS) is 14.0. The number of nitrogens with one attached hydrogen (secondary N) is 1. The van der Waals surface area contributed by atoms with Crippen molar-refractivity contribution in [3.8, 4) is 0 Å². The van der Waals surface area contributed by atoms with Crippen LogP contribution in [0.5, 0.6) is 0 Å². The second-order valence-electron chi connectivity index (χ2n) is 3.92. The summed E-state index contributed by atoms with van der Waals surface area (Å²) in [5.41, 5.74) is 12.3. The van der Waals surface area contributed by atoms with Crippen LogP contribution in [0, 0.1) is 0 Å². The van der Waals surface area contributed by atoms with E-state index in [1.54, 1.807) is 24.5 Å². The quantitative estimate of drug-likeness (QED) is 0.669. The molecule has 0 radical (unpaired) electrons. The Morgan fingerprint density at radius 3 is 2.71 bits per heavy atom. The van der Waals surface area contributed by atoms with E-state index in [2.05, 4.69) is 5.32 Å². The molecule has 0 heterocycles. The molecule has 17 heavy (non-hydrogen) atoms. The van der Waals surface area contributed by atoms with Gasteiger partial charge in [0.1, 0.15) is 0 Å². The van der Waals surface area contributed by atoms with Crippen LogP contribution in [0.15, 0.2) is 18.2 Å². The van der Waals surface area contributed by atoms with Crippen LogP contribution in [-0.4, -0.2) is 28.2 Å². The molecule has 0 bridgehead atoms. The standard InChI is InChI=1S/C11H17N3O2S/c1-7(6-17(2)16)14-9-5-3-4-8(10(9)12)11(13)15/h3-5,7,14H,6,12H2,1-2H3,(H2,13,15). The number of carbonyl (C=O) groups excluding carboxylic acids is 1. The molecule has 1 aromatic rings. The molecular formula is C11H17N3O2S. The van der Waals surface area contributed by atoms with Crippen LogP contribution in [-0.2, 0) is 10.8 Å². The van der Waals surface area contributed by atoms with Gasteiger partial charge in [0, 0.05) is 28.9 Å². The number of hydrogen-bond donors (Lipinski definition) is 3. The molecule has 0 spiro atoms.